The molecule has 0 aliphatic carbocycles. The number of nitrogens with one attached hydrogen (secondary N) is 1. The van der Waals surface area contributed by atoms with Crippen molar-refractivity contribution in [2.24, 2.45) is 0 Å². The Morgan fingerprint density at radius 2 is 1.97 bits per heavy atom. The molecule has 2 aromatic carbocycles. The van der Waals surface area contributed by atoms with Crippen molar-refractivity contribution in [3.63, 3.8) is 0 Å². The van der Waals surface area contributed by atoms with E-state index in [4.69, 9.17) is 19.3 Å². The Kier molecular flexibility index (Phi) is 6.81. The normalized spacial score (nSPS) is 13.0. The summed E-state index contributed by atoms with van der Waals surface area (Å²) < 4.78 is 17.7. The molecule has 1 amide bonds. The third-order valence-electron chi connectivity index (χ3n) is 5.48. The van der Waals surface area contributed by atoms with Gasteiger partial charge in [0.25, 0.3) is 5.91 Å². The quantitative estimate of drug-likeness (QED) is 0.281. The number of ether oxygens (including phenoxy) is 3. The Morgan fingerprint density at radius 3 is 2.78 bits per heavy atom. The highest BCUT2D eigenvalue weighted by atomic mass is 32.1. The molecule has 0 spiro atoms. The molecule has 3 heterocycles. The van der Waals surface area contributed by atoms with E-state index in [1.165, 1.54) is 13.0 Å². The number of amides is 1. The fourth-order valence-electron chi connectivity index (χ4n) is 3.64. The van der Waals surface area contributed by atoms with Crippen molar-refractivity contribution >= 4 is 29.3 Å². The molecular formula is C27H23N3O5S. The number of carbonyl (C=O) groups is 2. The molecule has 0 saturated heterocycles. The number of aromatic nitrogens is 2. The highest BCUT2D eigenvalue weighted by molar-refractivity contribution is 7.13. The molecule has 0 saturated carbocycles. The number of rotatable bonds is 8. The average molecular weight is 502 g/mol. The number of thiophene rings is 1. The van der Waals surface area contributed by atoms with Crippen LogP contribution in [-0.2, 0) is 20.9 Å². The van der Waals surface area contributed by atoms with Crippen molar-refractivity contribution in [2.75, 3.05) is 6.79 Å². The van der Waals surface area contributed by atoms with E-state index in [2.05, 4.69) is 5.32 Å². The third-order valence-corrected chi connectivity index (χ3v) is 6.36. The largest absolute Gasteiger partial charge is 0.454 e. The van der Waals surface area contributed by atoms with Crippen molar-refractivity contribution in [2.45, 2.75) is 19.6 Å². The summed E-state index contributed by atoms with van der Waals surface area (Å²) in [6.07, 6.45) is 3.86. The second kappa shape index (κ2) is 10.5. The van der Waals surface area contributed by atoms with Crippen molar-refractivity contribution in [3.05, 3.63) is 89.4 Å². The molecule has 0 bridgehead atoms. The molecule has 0 radical (unpaired) electrons. The van der Waals surface area contributed by atoms with Gasteiger partial charge < -0.3 is 19.5 Å². The summed E-state index contributed by atoms with van der Waals surface area (Å²) in [6, 6.07) is 19.1. The lowest BCUT2D eigenvalue weighted by atomic mass is 10.2. The lowest BCUT2D eigenvalue weighted by Gasteiger charge is -2.12. The standard InChI is InChI=1S/C27H23N3O5S/c1-18(27(32)28-15-19-9-11-22-23(14-19)34-17-33-22)35-25(31)12-10-20-16-30(21-6-3-2-4-7-21)29-26(20)24-8-5-13-36-24/h2-14,16,18H,15,17H2,1H3,(H,28,32). The Balaban J connectivity index is 1.22. The number of fused-ring (bicyclic) bond motifs is 1. The van der Waals surface area contributed by atoms with Crippen LogP contribution in [0.15, 0.2) is 78.3 Å². The van der Waals surface area contributed by atoms with Crippen LogP contribution in [0.5, 0.6) is 11.5 Å². The van der Waals surface area contributed by atoms with Crippen molar-refractivity contribution in [1.82, 2.24) is 15.1 Å². The highest BCUT2D eigenvalue weighted by Gasteiger charge is 2.18. The fourth-order valence-corrected chi connectivity index (χ4v) is 4.37. The van der Waals surface area contributed by atoms with Crippen LogP contribution in [0.3, 0.4) is 0 Å². The first kappa shape index (κ1) is 23.4. The molecule has 9 heteroatoms. The van der Waals surface area contributed by atoms with Crippen molar-refractivity contribution < 1.29 is 23.8 Å². The van der Waals surface area contributed by atoms with E-state index in [1.807, 2.05) is 66.2 Å². The van der Waals surface area contributed by atoms with E-state index >= 15 is 0 Å². The van der Waals surface area contributed by atoms with E-state index in [0.717, 1.165) is 27.4 Å². The summed E-state index contributed by atoms with van der Waals surface area (Å²) in [6.45, 7) is 1.99. The maximum absolute atomic E-state index is 12.5. The summed E-state index contributed by atoms with van der Waals surface area (Å²) in [5, 5.41) is 9.45. The smallest absolute Gasteiger partial charge is 0.331 e. The van der Waals surface area contributed by atoms with E-state index in [0.29, 0.717) is 11.5 Å². The molecule has 8 nitrogen and oxygen atoms in total. The maximum atomic E-state index is 12.5. The maximum Gasteiger partial charge on any atom is 0.331 e. The van der Waals surface area contributed by atoms with Crippen LogP contribution in [0.4, 0.5) is 0 Å². The Morgan fingerprint density at radius 1 is 1.14 bits per heavy atom. The molecule has 182 valence electrons. The average Bonchev–Trinajstić information content (AvgIpc) is 3.66. The summed E-state index contributed by atoms with van der Waals surface area (Å²) in [5.41, 5.74) is 3.28. The number of nitrogens with zero attached hydrogens (tertiary/aromatic N) is 2. The zero-order valence-corrected chi connectivity index (χ0v) is 20.2. The predicted octanol–water partition coefficient (Wildman–Crippen LogP) is 4.59. The molecule has 1 aliphatic heterocycles. The van der Waals surface area contributed by atoms with Crippen LogP contribution >= 0.6 is 11.3 Å². The molecule has 2 aromatic heterocycles. The number of esters is 1. The minimum absolute atomic E-state index is 0.188. The first-order valence-electron chi connectivity index (χ1n) is 11.3. The number of carbonyl (C=O) groups excluding carboxylic acids is 2. The lowest BCUT2D eigenvalue weighted by molar-refractivity contribution is -0.150. The zero-order chi connectivity index (χ0) is 24.9. The molecule has 36 heavy (non-hydrogen) atoms. The highest BCUT2D eigenvalue weighted by Crippen LogP contribution is 2.32. The van der Waals surface area contributed by atoms with E-state index in [-0.39, 0.29) is 13.3 Å². The zero-order valence-electron chi connectivity index (χ0n) is 19.4. The molecular weight excluding hydrogens is 478 g/mol. The van der Waals surface area contributed by atoms with Gasteiger partial charge in [-0.25, -0.2) is 9.48 Å². The second-order valence-electron chi connectivity index (χ2n) is 8.01. The summed E-state index contributed by atoms with van der Waals surface area (Å²) in [7, 11) is 0. The Bertz CT molecular complexity index is 1400. The number of hydrogen-bond acceptors (Lipinski definition) is 7. The van der Waals surface area contributed by atoms with Gasteiger partial charge in [-0.3, -0.25) is 4.79 Å². The number of benzene rings is 2. The van der Waals surface area contributed by atoms with Gasteiger partial charge in [-0.2, -0.15) is 5.10 Å². The van der Waals surface area contributed by atoms with Gasteiger partial charge in [-0.05, 0) is 54.3 Å². The van der Waals surface area contributed by atoms with Crippen LogP contribution in [0, 0.1) is 0 Å². The molecule has 1 aliphatic rings. The first-order chi connectivity index (χ1) is 17.6. The SMILES string of the molecule is CC(OC(=O)C=Cc1cn(-c2ccccc2)nc1-c1cccs1)C(=O)NCc1ccc2c(c1)OCO2. The van der Waals surface area contributed by atoms with Crippen LogP contribution in [0.1, 0.15) is 18.1 Å². The van der Waals surface area contributed by atoms with E-state index < -0.39 is 18.0 Å². The summed E-state index contributed by atoms with van der Waals surface area (Å²) in [5.74, 6) is 0.301. The second-order valence-corrected chi connectivity index (χ2v) is 8.96. The number of para-hydroxylation sites is 1. The van der Waals surface area contributed by atoms with Gasteiger partial charge in [0, 0.05) is 24.4 Å². The van der Waals surface area contributed by atoms with Crippen LogP contribution < -0.4 is 14.8 Å². The summed E-state index contributed by atoms with van der Waals surface area (Å²) in [4.78, 5) is 25.9. The molecule has 1 unspecified atom stereocenters. The van der Waals surface area contributed by atoms with Gasteiger partial charge in [-0.15, -0.1) is 11.3 Å². The van der Waals surface area contributed by atoms with Gasteiger partial charge in [-0.1, -0.05) is 30.3 Å². The van der Waals surface area contributed by atoms with Gasteiger partial charge >= 0.3 is 5.97 Å². The third kappa shape index (κ3) is 5.31. The first-order valence-corrected chi connectivity index (χ1v) is 12.2. The Labute approximate surface area is 211 Å². The molecule has 4 aromatic rings. The minimum Gasteiger partial charge on any atom is -0.454 e. The van der Waals surface area contributed by atoms with Crippen molar-refractivity contribution in [1.29, 1.82) is 0 Å². The van der Waals surface area contributed by atoms with Crippen molar-refractivity contribution in [3.8, 4) is 27.8 Å². The lowest BCUT2D eigenvalue weighted by Crippen LogP contribution is -2.35. The predicted molar refractivity (Wildman–Crippen MR) is 136 cm³/mol. The molecule has 0 fully saturated rings. The van der Waals surface area contributed by atoms with E-state index in [1.54, 1.807) is 28.2 Å². The van der Waals surface area contributed by atoms with E-state index in [9.17, 15) is 9.59 Å². The number of hydrogen-bond donors (Lipinski definition) is 1. The van der Waals surface area contributed by atoms with Crippen LogP contribution in [-0.4, -0.2) is 34.6 Å². The summed E-state index contributed by atoms with van der Waals surface area (Å²) >= 11 is 1.56. The minimum atomic E-state index is -0.958. The van der Waals surface area contributed by atoms with Gasteiger partial charge in [0.1, 0.15) is 5.69 Å². The topological polar surface area (TPSA) is 91.7 Å². The van der Waals surface area contributed by atoms with Crippen LogP contribution in [0.2, 0.25) is 0 Å². The Hall–Kier alpha value is -4.37. The molecule has 1 N–H and O–H groups in total. The van der Waals surface area contributed by atoms with Crippen LogP contribution in [0.25, 0.3) is 22.3 Å². The van der Waals surface area contributed by atoms with Gasteiger partial charge in [0.05, 0.1) is 10.6 Å². The monoisotopic (exact) mass is 501 g/mol. The fraction of sp³-hybridized carbons (Fsp3) is 0.148. The van der Waals surface area contributed by atoms with Gasteiger partial charge in [0.15, 0.2) is 17.6 Å². The van der Waals surface area contributed by atoms with Gasteiger partial charge in [0.2, 0.25) is 6.79 Å². The molecule has 1 atom stereocenters. The molecule has 5 rings (SSSR count).